The second-order valence-electron chi connectivity index (χ2n) is 4.70. The molecule has 140 valence electrons. The molecule has 2 rings (SSSR count). The average Bonchev–Trinajstić information content (AvgIpc) is 2.56. The number of nitrogens with one attached hydrogen (secondary N) is 2. The zero-order valence-corrected chi connectivity index (χ0v) is 14.6. The predicted molar refractivity (Wildman–Crippen MR) is 98.6 cm³/mol. The van der Waals surface area contributed by atoms with Crippen molar-refractivity contribution in [2.75, 3.05) is 35.3 Å². The molecule has 0 aromatic carbocycles. The van der Waals surface area contributed by atoms with Crippen LogP contribution in [0.15, 0.2) is 36.9 Å². The lowest BCUT2D eigenvalue weighted by molar-refractivity contribution is 0.167. The SMILES string of the molecule is CCOC(=O)Nc1cncc(NC(=O)OCC)c1.Nc1cncc(N)c1. The number of pyridine rings is 2. The van der Waals surface area contributed by atoms with E-state index in [1.165, 1.54) is 12.4 Å². The van der Waals surface area contributed by atoms with E-state index in [9.17, 15) is 9.59 Å². The van der Waals surface area contributed by atoms with Gasteiger partial charge in [0.25, 0.3) is 0 Å². The van der Waals surface area contributed by atoms with E-state index in [1.807, 2.05) is 0 Å². The lowest BCUT2D eigenvalue weighted by Crippen LogP contribution is -2.15. The van der Waals surface area contributed by atoms with Crippen LogP contribution in [0.4, 0.5) is 32.3 Å². The molecule has 2 heterocycles. The molecule has 0 aliphatic rings. The van der Waals surface area contributed by atoms with E-state index in [0.29, 0.717) is 22.7 Å². The summed E-state index contributed by atoms with van der Waals surface area (Å²) in [5, 5.41) is 4.95. The Hall–Kier alpha value is -3.56. The predicted octanol–water partition coefficient (Wildman–Crippen LogP) is 2.46. The third-order valence-corrected chi connectivity index (χ3v) is 2.56. The summed E-state index contributed by atoms with van der Waals surface area (Å²) in [6.07, 6.45) is 4.83. The Kier molecular flexibility index (Phi) is 8.73. The minimum atomic E-state index is -0.576. The zero-order chi connectivity index (χ0) is 19.4. The van der Waals surface area contributed by atoms with Gasteiger partial charge < -0.3 is 20.9 Å². The van der Waals surface area contributed by atoms with Gasteiger partial charge in [-0.15, -0.1) is 0 Å². The number of anilines is 4. The summed E-state index contributed by atoms with van der Waals surface area (Å²) in [5.74, 6) is 0. The third kappa shape index (κ3) is 8.34. The molecule has 10 nitrogen and oxygen atoms in total. The lowest BCUT2D eigenvalue weighted by atomic mass is 10.4. The minimum Gasteiger partial charge on any atom is -0.450 e. The molecule has 0 spiro atoms. The lowest BCUT2D eigenvalue weighted by Gasteiger charge is -2.07. The first-order valence-corrected chi connectivity index (χ1v) is 7.73. The standard InChI is InChI=1S/C11H15N3O4.C5H7N3/c1-3-17-10(15)13-8-5-9(7-12-6-8)14-11(16)18-4-2;6-4-1-5(7)3-8-2-4/h5-7H,3-4H2,1-2H3,(H,13,15)(H,14,16);1-3H,6-7H2. The molecule has 0 unspecified atom stereocenters. The van der Waals surface area contributed by atoms with Crippen LogP contribution in [0.2, 0.25) is 0 Å². The van der Waals surface area contributed by atoms with Gasteiger partial charge in [-0.2, -0.15) is 0 Å². The molecule has 0 saturated heterocycles. The van der Waals surface area contributed by atoms with Crippen LogP contribution >= 0.6 is 0 Å². The van der Waals surface area contributed by atoms with Crippen molar-refractivity contribution in [1.29, 1.82) is 0 Å². The number of aromatic nitrogens is 2. The largest absolute Gasteiger partial charge is 0.450 e. The van der Waals surface area contributed by atoms with Gasteiger partial charge >= 0.3 is 12.2 Å². The van der Waals surface area contributed by atoms with E-state index in [-0.39, 0.29) is 13.2 Å². The van der Waals surface area contributed by atoms with Crippen molar-refractivity contribution in [2.24, 2.45) is 0 Å². The number of ether oxygens (including phenoxy) is 2. The Bertz CT molecular complexity index is 673. The second-order valence-corrected chi connectivity index (χ2v) is 4.70. The highest BCUT2D eigenvalue weighted by Crippen LogP contribution is 2.13. The Balaban J connectivity index is 0.000000350. The fourth-order valence-corrected chi connectivity index (χ4v) is 1.62. The first-order valence-electron chi connectivity index (χ1n) is 7.73. The first kappa shape index (κ1) is 20.5. The quantitative estimate of drug-likeness (QED) is 0.646. The molecule has 0 saturated carbocycles. The van der Waals surface area contributed by atoms with E-state index in [2.05, 4.69) is 20.6 Å². The van der Waals surface area contributed by atoms with Gasteiger partial charge in [0.05, 0.1) is 48.4 Å². The topological polar surface area (TPSA) is 154 Å². The number of carbonyl (C=O) groups is 2. The van der Waals surface area contributed by atoms with Gasteiger partial charge in [-0.1, -0.05) is 0 Å². The molecule has 26 heavy (non-hydrogen) atoms. The summed E-state index contributed by atoms with van der Waals surface area (Å²) in [6.45, 7) is 3.97. The van der Waals surface area contributed by atoms with Crippen LogP contribution in [-0.4, -0.2) is 35.4 Å². The van der Waals surface area contributed by atoms with Gasteiger partial charge in [0.1, 0.15) is 0 Å². The molecule has 0 radical (unpaired) electrons. The smallest absolute Gasteiger partial charge is 0.411 e. The van der Waals surface area contributed by atoms with Gasteiger partial charge in [-0.05, 0) is 26.0 Å². The zero-order valence-electron chi connectivity index (χ0n) is 14.6. The molecule has 6 N–H and O–H groups in total. The van der Waals surface area contributed by atoms with E-state index in [4.69, 9.17) is 20.9 Å². The molecule has 0 fully saturated rings. The van der Waals surface area contributed by atoms with Crippen LogP contribution in [0, 0.1) is 0 Å². The Morgan fingerprint density at radius 2 is 1.27 bits per heavy atom. The summed E-state index contributed by atoms with van der Waals surface area (Å²) < 4.78 is 9.43. The van der Waals surface area contributed by atoms with Crippen molar-refractivity contribution in [3.05, 3.63) is 36.9 Å². The maximum absolute atomic E-state index is 11.2. The van der Waals surface area contributed by atoms with Crippen molar-refractivity contribution >= 4 is 34.9 Å². The highest BCUT2D eigenvalue weighted by molar-refractivity contribution is 5.88. The van der Waals surface area contributed by atoms with Crippen molar-refractivity contribution in [3.8, 4) is 0 Å². The Morgan fingerprint density at radius 3 is 1.62 bits per heavy atom. The Labute approximate surface area is 150 Å². The first-order chi connectivity index (χ1) is 12.4. The second kappa shape index (κ2) is 11.1. The van der Waals surface area contributed by atoms with Gasteiger partial charge in [0.2, 0.25) is 0 Å². The summed E-state index contributed by atoms with van der Waals surface area (Å²) in [5.41, 5.74) is 12.7. The number of hydrogen-bond acceptors (Lipinski definition) is 8. The number of hydrogen-bond donors (Lipinski definition) is 4. The monoisotopic (exact) mass is 362 g/mol. The van der Waals surface area contributed by atoms with Crippen LogP contribution in [-0.2, 0) is 9.47 Å². The molecular formula is C16H22N6O4. The fraction of sp³-hybridized carbons (Fsp3) is 0.250. The average molecular weight is 362 g/mol. The van der Waals surface area contributed by atoms with E-state index < -0.39 is 12.2 Å². The van der Waals surface area contributed by atoms with Crippen LogP contribution in [0.3, 0.4) is 0 Å². The van der Waals surface area contributed by atoms with Crippen LogP contribution in [0.25, 0.3) is 0 Å². The summed E-state index contributed by atoms with van der Waals surface area (Å²) >= 11 is 0. The van der Waals surface area contributed by atoms with Gasteiger partial charge in [0, 0.05) is 12.4 Å². The Morgan fingerprint density at radius 1 is 0.846 bits per heavy atom. The van der Waals surface area contributed by atoms with Crippen LogP contribution in [0.5, 0.6) is 0 Å². The highest BCUT2D eigenvalue weighted by Gasteiger charge is 2.05. The fourth-order valence-electron chi connectivity index (χ4n) is 1.62. The number of carbonyl (C=O) groups excluding carboxylic acids is 2. The molecule has 2 amide bonds. The number of rotatable bonds is 4. The molecule has 0 atom stereocenters. The van der Waals surface area contributed by atoms with Crippen molar-refractivity contribution in [3.63, 3.8) is 0 Å². The maximum Gasteiger partial charge on any atom is 0.411 e. The molecule has 0 aliphatic carbocycles. The molecular weight excluding hydrogens is 340 g/mol. The number of nitrogens with two attached hydrogens (primary N) is 2. The summed E-state index contributed by atoms with van der Waals surface area (Å²) in [4.78, 5) is 30.0. The van der Waals surface area contributed by atoms with Gasteiger partial charge in [0.15, 0.2) is 0 Å². The van der Waals surface area contributed by atoms with Crippen molar-refractivity contribution < 1.29 is 19.1 Å². The maximum atomic E-state index is 11.2. The molecule has 2 aromatic heterocycles. The minimum absolute atomic E-state index is 0.278. The van der Waals surface area contributed by atoms with E-state index in [1.54, 1.807) is 38.4 Å². The van der Waals surface area contributed by atoms with Crippen LogP contribution < -0.4 is 22.1 Å². The summed E-state index contributed by atoms with van der Waals surface area (Å²) in [6, 6.07) is 3.20. The normalized spacial score (nSPS) is 9.31. The van der Waals surface area contributed by atoms with Crippen LogP contribution in [0.1, 0.15) is 13.8 Å². The highest BCUT2D eigenvalue weighted by atomic mass is 16.6. The number of nitrogens with zero attached hydrogens (tertiary/aromatic N) is 2. The third-order valence-electron chi connectivity index (χ3n) is 2.56. The summed E-state index contributed by atoms with van der Waals surface area (Å²) in [7, 11) is 0. The van der Waals surface area contributed by atoms with E-state index in [0.717, 1.165) is 0 Å². The molecule has 10 heteroatoms. The van der Waals surface area contributed by atoms with Crippen molar-refractivity contribution in [1.82, 2.24) is 9.97 Å². The van der Waals surface area contributed by atoms with Gasteiger partial charge in [-0.25, -0.2) is 9.59 Å². The molecule has 2 aromatic rings. The molecule has 0 bridgehead atoms. The molecule has 0 aliphatic heterocycles. The number of amides is 2. The van der Waals surface area contributed by atoms with Gasteiger partial charge in [-0.3, -0.25) is 20.6 Å². The van der Waals surface area contributed by atoms with E-state index >= 15 is 0 Å². The number of nitrogen functional groups attached to an aromatic ring is 2. The van der Waals surface area contributed by atoms with Crippen molar-refractivity contribution in [2.45, 2.75) is 13.8 Å².